The molecule has 0 N–H and O–H groups in total. The van der Waals surface area contributed by atoms with Crippen LogP contribution in [0.15, 0.2) is 36.4 Å². The van der Waals surface area contributed by atoms with Crippen LogP contribution >= 0.6 is 0 Å². The number of hydrogen-bond acceptors (Lipinski definition) is 0. The summed E-state index contributed by atoms with van der Waals surface area (Å²) in [4.78, 5) is 0. The number of benzene rings is 1. The molecule has 0 heterocycles. The van der Waals surface area contributed by atoms with Crippen LogP contribution in [0.5, 0.6) is 0 Å². The van der Waals surface area contributed by atoms with Crippen molar-refractivity contribution in [3.8, 4) is 0 Å². The van der Waals surface area contributed by atoms with Crippen molar-refractivity contribution in [1.82, 2.24) is 0 Å². The molecule has 0 spiro atoms. The third kappa shape index (κ3) is 1.22. The summed E-state index contributed by atoms with van der Waals surface area (Å²) in [6.07, 6.45) is 7.49. The Labute approximate surface area is 100 Å². The van der Waals surface area contributed by atoms with Crippen LogP contribution in [0.25, 0.3) is 0 Å². The summed E-state index contributed by atoms with van der Waals surface area (Å²) in [5.74, 6) is 1.65. The van der Waals surface area contributed by atoms with E-state index in [9.17, 15) is 0 Å². The first kappa shape index (κ1) is 9.10. The molecule has 1 heteroatoms. The molecule has 0 saturated carbocycles. The van der Waals surface area contributed by atoms with Gasteiger partial charge in [-0.05, 0) is 0 Å². The van der Waals surface area contributed by atoms with Gasteiger partial charge in [-0.15, -0.1) is 0 Å². The zero-order valence-electron chi connectivity index (χ0n) is 8.11. The number of rotatable bonds is 0. The Morgan fingerprint density at radius 3 is 2.79 bits per heavy atom. The summed E-state index contributed by atoms with van der Waals surface area (Å²) in [6, 6.07) is 9.04. The van der Waals surface area contributed by atoms with Crippen LogP contribution in [0.3, 0.4) is 0 Å². The van der Waals surface area contributed by atoms with Crippen LogP contribution < -0.4 is 0 Å². The first-order valence-corrected chi connectivity index (χ1v) is 6.76. The Hall–Kier alpha value is -0.157. The van der Waals surface area contributed by atoms with Gasteiger partial charge >= 0.3 is 101 Å². The number of allylic oxidation sites excluding steroid dienone is 2. The van der Waals surface area contributed by atoms with Crippen molar-refractivity contribution in [2.24, 2.45) is 5.92 Å². The summed E-state index contributed by atoms with van der Waals surface area (Å²) in [6.45, 7) is 0. The Balaban J connectivity index is 2.13. The van der Waals surface area contributed by atoms with Gasteiger partial charge in [0.15, 0.2) is 0 Å². The van der Waals surface area contributed by atoms with E-state index in [4.69, 9.17) is 0 Å². The van der Waals surface area contributed by atoms with Gasteiger partial charge in [0.1, 0.15) is 0 Å². The number of fused-ring (bicyclic) bond motifs is 3. The van der Waals surface area contributed by atoms with E-state index in [2.05, 4.69) is 36.4 Å². The summed E-state index contributed by atoms with van der Waals surface area (Å²) in [7, 11) is 0. The quantitative estimate of drug-likeness (QED) is 0.628. The van der Waals surface area contributed by atoms with Crippen LogP contribution in [-0.4, -0.2) is 0 Å². The SMILES string of the molecule is [Zr][CH]1c2ccccc2C2C=CCCC12. The molecule has 3 unspecified atom stereocenters. The molecule has 0 nitrogen and oxygen atoms in total. The van der Waals surface area contributed by atoms with Gasteiger partial charge in [0, 0.05) is 0 Å². The van der Waals surface area contributed by atoms with Crippen LogP contribution in [0.4, 0.5) is 0 Å². The van der Waals surface area contributed by atoms with Crippen molar-refractivity contribution in [3.63, 3.8) is 0 Å². The molecular formula is C13H13Zr. The van der Waals surface area contributed by atoms with Gasteiger partial charge in [0.2, 0.25) is 0 Å². The molecule has 69 valence electrons. The minimum absolute atomic E-state index is 0.740. The minimum atomic E-state index is 0.740. The molecule has 3 atom stereocenters. The number of hydrogen-bond donors (Lipinski definition) is 0. The van der Waals surface area contributed by atoms with E-state index in [1.54, 1.807) is 35.8 Å². The van der Waals surface area contributed by atoms with E-state index in [0.29, 0.717) is 0 Å². The second-order valence-electron chi connectivity index (χ2n) is 4.30. The van der Waals surface area contributed by atoms with E-state index in [-0.39, 0.29) is 0 Å². The Morgan fingerprint density at radius 2 is 1.93 bits per heavy atom. The van der Waals surface area contributed by atoms with Gasteiger partial charge in [0.05, 0.1) is 0 Å². The fraction of sp³-hybridized carbons (Fsp3) is 0.385. The predicted octanol–water partition coefficient (Wildman–Crippen LogP) is 3.34. The van der Waals surface area contributed by atoms with Gasteiger partial charge < -0.3 is 0 Å². The molecule has 0 aromatic heterocycles. The molecule has 0 radical (unpaired) electrons. The fourth-order valence-electron chi connectivity index (χ4n) is 2.89. The van der Waals surface area contributed by atoms with Crippen molar-refractivity contribution in [1.29, 1.82) is 0 Å². The summed E-state index contributed by atoms with van der Waals surface area (Å²) < 4.78 is 0.855. The second-order valence-corrected chi connectivity index (χ2v) is 5.83. The van der Waals surface area contributed by atoms with Crippen molar-refractivity contribution in [2.75, 3.05) is 0 Å². The summed E-state index contributed by atoms with van der Waals surface area (Å²) in [5.41, 5.74) is 3.24. The second kappa shape index (κ2) is 3.45. The van der Waals surface area contributed by atoms with Gasteiger partial charge in [0.25, 0.3) is 0 Å². The third-order valence-electron chi connectivity index (χ3n) is 3.59. The van der Waals surface area contributed by atoms with E-state index in [1.807, 2.05) is 0 Å². The van der Waals surface area contributed by atoms with E-state index < -0.39 is 0 Å². The van der Waals surface area contributed by atoms with Crippen LogP contribution in [0.2, 0.25) is 0 Å². The maximum absolute atomic E-state index is 2.44. The average Bonchev–Trinajstić information content (AvgIpc) is 2.55. The van der Waals surface area contributed by atoms with Crippen molar-refractivity contribution >= 4 is 0 Å². The van der Waals surface area contributed by atoms with Gasteiger partial charge in [-0.25, -0.2) is 0 Å². The van der Waals surface area contributed by atoms with Crippen molar-refractivity contribution in [2.45, 2.75) is 22.4 Å². The molecule has 1 aromatic rings. The van der Waals surface area contributed by atoms with Crippen LogP contribution in [-0.2, 0) is 24.7 Å². The Kier molecular flexibility index (Phi) is 2.24. The average molecular weight is 260 g/mol. The molecule has 0 bridgehead atoms. The van der Waals surface area contributed by atoms with Crippen molar-refractivity contribution < 1.29 is 24.7 Å². The topological polar surface area (TPSA) is 0 Å². The molecule has 14 heavy (non-hydrogen) atoms. The van der Waals surface area contributed by atoms with Crippen molar-refractivity contribution in [3.05, 3.63) is 47.5 Å². The van der Waals surface area contributed by atoms with E-state index in [0.717, 1.165) is 15.5 Å². The Bertz CT molecular complexity index is 381. The van der Waals surface area contributed by atoms with Gasteiger partial charge in [-0.1, -0.05) is 0 Å². The Morgan fingerprint density at radius 1 is 1.14 bits per heavy atom. The van der Waals surface area contributed by atoms with Crippen LogP contribution in [0.1, 0.15) is 33.5 Å². The first-order valence-electron chi connectivity index (χ1n) is 5.34. The molecular weight excluding hydrogens is 247 g/mol. The maximum atomic E-state index is 2.44. The molecule has 0 aliphatic heterocycles. The summed E-state index contributed by atoms with van der Waals surface area (Å²) >= 11 is 1.69. The zero-order valence-corrected chi connectivity index (χ0v) is 10.6. The summed E-state index contributed by atoms with van der Waals surface area (Å²) in [5, 5.41) is 0. The van der Waals surface area contributed by atoms with Gasteiger partial charge in [-0.3, -0.25) is 0 Å². The molecule has 2 aliphatic rings. The first-order chi connectivity index (χ1) is 6.88. The molecule has 2 aliphatic carbocycles. The van der Waals surface area contributed by atoms with Gasteiger partial charge in [-0.2, -0.15) is 0 Å². The standard InChI is InChI=1S/C13H13.Zr/c1-3-7-12-10(5-1)9-11-6-2-4-8-13(11)12;/h1,3-5,7-9,11,13H,2,6H2;. The molecule has 1 aromatic carbocycles. The zero-order chi connectivity index (χ0) is 9.54. The normalized spacial score (nSPS) is 33.8. The fourth-order valence-corrected chi connectivity index (χ4v) is 4.46. The van der Waals surface area contributed by atoms with E-state index >= 15 is 0 Å². The third-order valence-corrected chi connectivity index (χ3v) is 5.41. The molecule has 0 saturated heterocycles. The molecule has 0 fully saturated rings. The monoisotopic (exact) mass is 259 g/mol. The van der Waals surface area contributed by atoms with Crippen LogP contribution in [0, 0.1) is 5.92 Å². The predicted molar refractivity (Wildman–Crippen MR) is 53.8 cm³/mol. The van der Waals surface area contributed by atoms with E-state index in [1.165, 1.54) is 12.8 Å². The molecule has 0 amide bonds. The molecule has 3 rings (SSSR count).